The summed E-state index contributed by atoms with van der Waals surface area (Å²) in [6.45, 7) is 1.29. The molecule has 1 aliphatic heterocycles. The fourth-order valence-corrected chi connectivity index (χ4v) is 1.99. The van der Waals surface area contributed by atoms with Crippen LogP contribution in [0.3, 0.4) is 0 Å². The highest BCUT2D eigenvalue weighted by molar-refractivity contribution is 5.82. The lowest BCUT2D eigenvalue weighted by Gasteiger charge is -2.06. The second-order valence-electron chi connectivity index (χ2n) is 4.50. The lowest BCUT2D eigenvalue weighted by atomic mass is 10.2. The Bertz CT molecular complexity index is 402. The van der Waals surface area contributed by atoms with Gasteiger partial charge in [0, 0.05) is 18.3 Å². The van der Waals surface area contributed by atoms with Crippen LogP contribution in [0.15, 0.2) is 42.1 Å². The van der Waals surface area contributed by atoms with Crippen LogP contribution in [-0.2, 0) is 16.1 Å². The van der Waals surface area contributed by atoms with E-state index in [9.17, 15) is 4.79 Å². The number of esters is 1. The van der Waals surface area contributed by atoms with Crippen LogP contribution in [0.2, 0.25) is 0 Å². The van der Waals surface area contributed by atoms with Crippen molar-refractivity contribution in [2.45, 2.75) is 32.3 Å². The fourth-order valence-electron chi connectivity index (χ4n) is 1.99. The third-order valence-electron chi connectivity index (χ3n) is 2.99. The van der Waals surface area contributed by atoms with Gasteiger partial charge in [-0.3, -0.25) is 0 Å². The smallest absolute Gasteiger partial charge is 0.332 e. The van der Waals surface area contributed by atoms with Gasteiger partial charge in [0.25, 0.3) is 0 Å². The molecule has 0 spiro atoms. The van der Waals surface area contributed by atoms with E-state index >= 15 is 0 Å². The van der Waals surface area contributed by atoms with Crippen LogP contribution in [0.25, 0.3) is 0 Å². The number of nitrogens with one attached hydrogen (secondary N) is 1. The minimum atomic E-state index is -0.261. The van der Waals surface area contributed by atoms with Gasteiger partial charge in [0.15, 0.2) is 0 Å². The first-order chi connectivity index (χ1) is 8.84. The normalized spacial score (nSPS) is 17.9. The van der Waals surface area contributed by atoms with Gasteiger partial charge in [-0.15, -0.1) is 0 Å². The molecule has 18 heavy (non-hydrogen) atoms. The van der Waals surface area contributed by atoms with Gasteiger partial charge in [-0.2, -0.15) is 0 Å². The average molecular weight is 245 g/mol. The van der Waals surface area contributed by atoms with E-state index in [0.29, 0.717) is 6.61 Å². The lowest BCUT2D eigenvalue weighted by Crippen LogP contribution is -2.14. The van der Waals surface area contributed by atoms with E-state index in [4.69, 9.17) is 4.74 Å². The molecule has 3 nitrogen and oxygen atoms in total. The molecule has 1 heterocycles. The number of hydrogen-bond acceptors (Lipinski definition) is 3. The van der Waals surface area contributed by atoms with Gasteiger partial charge in [-0.1, -0.05) is 36.8 Å². The van der Waals surface area contributed by atoms with E-state index in [2.05, 4.69) is 5.32 Å². The van der Waals surface area contributed by atoms with Crippen molar-refractivity contribution < 1.29 is 9.53 Å². The van der Waals surface area contributed by atoms with Crippen molar-refractivity contribution in [1.82, 2.24) is 5.32 Å². The van der Waals surface area contributed by atoms with Crippen molar-refractivity contribution in [3.05, 3.63) is 47.7 Å². The third-order valence-corrected chi connectivity index (χ3v) is 2.99. The predicted octanol–water partition coefficient (Wildman–Crippen LogP) is 2.78. The Balaban J connectivity index is 1.82. The van der Waals surface area contributed by atoms with Gasteiger partial charge in [-0.05, 0) is 24.8 Å². The summed E-state index contributed by atoms with van der Waals surface area (Å²) in [5.41, 5.74) is 2.02. The Morgan fingerprint density at radius 3 is 2.89 bits per heavy atom. The fraction of sp³-hybridized carbons (Fsp3) is 0.400. The van der Waals surface area contributed by atoms with Crippen LogP contribution in [0, 0.1) is 0 Å². The van der Waals surface area contributed by atoms with E-state index in [1.807, 2.05) is 30.3 Å². The maximum Gasteiger partial charge on any atom is 0.332 e. The van der Waals surface area contributed by atoms with Gasteiger partial charge in [0.05, 0.1) is 0 Å². The molecule has 0 unspecified atom stereocenters. The van der Waals surface area contributed by atoms with Crippen LogP contribution < -0.4 is 5.32 Å². The number of hydrogen-bond donors (Lipinski definition) is 1. The van der Waals surface area contributed by atoms with Crippen LogP contribution >= 0.6 is 0 Å². The molecule has 1 aliphatic rings. The molecule has 0 amide bonds. The number of benzene rings is 1. The zero-order chi connectivity index (χ0) is 12.6. The molecule has 0 bridgehead atoms. The van der Waals surface area contributed by atoms with E-state index < -0.39 is 0 Å². The number of carbonyl (C=O) groups excluding carboxylic acids is 1. The summed E-state index contributed by atoms with van der Waals surface area (Å²) in [7, 11) is 0. The zero-order valence-corrected chi connectivity index (χ0v) is 10.5. The summed E-state index contributed by atoms with van der Waals surface area (Å²) < 4.78 is 5.22. The average Bonchev–Trinajstić information content (AvgIpc) is 2.66. The first-order valence-corrected chi connectivity index (χ1v) is 6.50. The van der Waals surface area contributed by atoms with E-state index in [-0.39, 0.29) is 5.97 Å². The SMILES string of the molecule is O=C(/C=C1\CCCCCN1)OCc1ccccc1. The Labute approximate surface area is 108 Å². The minimum absolute atomic E-state index is 0.261. The van der Waals surface area contributed by atoms with E-state index in [1.54, 1.807) is 6.08 Å². The minimum Gasteiger partial charge on any atom is -0.458 e. The maximum absolute atomic E-state index is 11.7. The van der Waals surface area contributed by atoms with Crippen LogP contribution in [0.1, 0.15) is 31.2 Å². The van der Waals surface area contributed by atoms with Crippen molar-refractivity contribution in [2.24, 2.45) is 0 Å². The van der Waals surface area contributed by atoms with Crippen molar-refractivity contribution >= 4 is 5.97 Å². The quantitative estimate of drug-likeness (QED) is 0.657. The van der Waals surface area contributed by atoms with Gasteiger partial charge in [0.2, 0.25) is 0 Å². The van der Waals surface area contributed by atoms with Crippen molar-refractivity contribution in [3.8, 4) is 0 Å². The first-order valence-electron chi connectivity index (χ1n) is 6.50. The molecule has 2 rings (SSSR count). The molecule has 0 radical (unpaired) electrons. The summed E-state index contributed by atoms with van der Waals surface area (Å²) in [5.74, 6) is -0.261. The molecular weight excluding hydrogens is 226 g/mol. The Kier molecular flexibility index (Phi) is 4.82. The highest BCUT2D eigenvalue weighted by Crippen LogP contribution is 2.11. The second-order valence-corrected chi connectivity index (χ2v) is 4.50. The summed E-state index contributed by atoms with van der Waals surface area (Å²) in [5, 5.41) is 3.27. The molecular formula is C15H19NO2. The van der Waals surface area contributed by atoms with Crippen molar-refractivity contribution in [3.63, 3.8) is 0 Å². The van der Waals surface area contributed by atoms with Gasteiger partial charge < -0.3 is 10.1 Å². The van der Waals surface area contributed by atoms with E-state index in [0.717, 1.165) is 30.6 Å². The maximum atomic E-state index is 11.7. The largest absolute Gasteiger partial charge is 0.458 e. The van der Waals surface area contributed by atoms with Crippen LogP contribution in [0.4, 0.5) is 0 Å². The van der Waals surface area contributed by atoms with Crippen molar-refractivity contribution in [2.75, 3.05) is 6.54 Å². The monoisotopic (exact) mass is 245 g/mol. The molecule has 1 aromatic rings. The van der Waals surface area contributed by atoms with E-state index in [1.165, 1.54) is 12.8 Å². The molecule has 0 aliphatic carbocycles. The summed E-state index contributed by atoms with van der Waals surface area (Å²) in [4.78, 5) is 11.7. The highest BCUT2D eigenvalue weighted by Gasteiger charge is 2.06. The standard InChI is InChI=1S/C15H19NO2/c17-15(11-14-9-5-2-6-10-16-14)18-12-13-7-3-1-4-8-13/h1,3-4,7-8,11,16H,2,5-6,9-10,12H2/b14-11+. The summed E-state index contributed by atoms with van der Waals surface area (Å²) >= 11 is 0. The van der Waals surface area contributed by atoms with Crippen LogP contribution in [0.5, 0.6) is 0 Å². The van der Waals surface area contributed by atoms with Gasteiger partial charge in [-0.25, -0.2) is 4.79 Å². The molecule has 0 atom stereocenters. The molecule has 1 saturated heterocycles. The van der Waals surface area contributed by atoms with Crippen LogP contribution in [-0.4, -0.2) is 12.5 Å². The Morgan fingerprint density at radius 2 is 2.06 bits per heavy atom. The lowest BCUT2D eigenvalue weighted by molar-refractivity contribution is -0.139. The molecule has 0 aromatic heterocycles. The summed E-state index contributed by atoms with van der Waals surface area (Å²) in [6.07, 6.45) is 6.08. The summed E-state index contributed by atoms with van der Waals surface area (Å²) in [6, 6.07) is 9.72. The number of carbonyl (C=O) groups is 1. The van der Waals surface area contributed by atoms with Crippen molar-refractivity contribution in [1.29, 1.82) is 0 Å². The predicted molar refractivity (Wildman–Crippen MR) is 70.8 cm³/mol. The molecule has 1 fully saturated rings. The molecule has 1 N–H and O–H groups in total. The molecule has 0 saturated carbocycles. The number of rotatable bonds is 3. The number of allylic oxidation sites excluding steroid dienone is 1. The Morgan fingerprint density at radius 1 is 1.22 bits per heavy atom. The number of ether oxygens (including phenoxy) is 1. The third kappa shape index (κ3) is 4.24. The molecule has 96 valence electrons. The van der Waals surface area contributed by atoms with Gasteiger partial charge in [0.1, 0.15) is 6.61 Å². The second kappa shape index (κ2) is 6.84. The molecule has 1 aromatic carbocycles. The molecule has 3 heteroatoms. The first kappa shape index (κ1) is 12.7. The highest BCUT2D eigenvalue weighted by atomic mass is 16.5. The Hall–Kier alpha value is -1.77. The zero-order valence-electron chi connectivity index (χ0n) is 10.5. The topological polar surface area (TPSA) is 38.3 Å². The van der Waals surface area contributed by atoms with Gasteiger partial charge >= 0.3 is 5.97 Å².